The summed E-state index contributed by atoms with van der Waals surface area (Å²) >= 11 is 0. The molecule has 0 radical (unpaired) electrons. The van der Waals surface area contributed by atoms with Crippen molar-refractivity contribution in [2.75, 3.05) is 10.6 Å². The lowest BCUT2D eigenvalue weighted by Crippen LogP contribution is -2.19. The van der Waals surface area contributed by atoms with Crippen LogP contribution in [0, 0.1) is 0 Å². The lowest BCUT2D eigenvalue weighted by molar-refractivity contribution is -0.116. The van der Waals surface area contributed by atoms with Gasteiger partial charge >= 0.3 is 0 Å². The normalized spacial score (nSPS) is 16.6. The zero-order valence-electron chi connectivity index (χ0n) is 11.3. The molecule has 3 aromatic rings. The van der Waals surface area contributed by atoms with Crippen molar-refractivity contribution in [3.8, 4) is 0 Å². The van der Waals surface area contributed by atoms with Crippen LogP contribution >= 0.6 is 0 Å². The maximum Gasteiger partial charge on any atom is 0.251 e. The van der Waals surface area contributed by atoms with Crippen LogP contribution < -0.4 is 10.6 Å². The van der Waals surface area contributed by atoms with Gasteiger partial charge in [0.15, 0.2) is 0 Å². The van der Waals surface area contributed by atoms with Gasteiger partial charge in [0.05, 0.1) is 0 Å². The highest BCUT2D eigenvalue weighted by atomic mass is 16.2. The van der Waals surface area contributed by atoms with Gasteiger partial charge in [0.1, 0.15) is 6.04 Å². The van der Waals surface area contributed by atoms with Crippen LogP contribution in [-0.2, 0) is 4.79 Å². The number of rotatable bonds is 2. The van der Waals surface area contributed by atoms with Crippen LogP contribution in [-0.4, -0.2) is 5.91 Å². The lowest BCUT2D eigenvalue weighted by atomic mass is 10.1. The molecule has 1 heterocycles. The van der Waals surface area contributed by atoms with Gasteiger partial charge in [-0.3, -0.25) is 4.79 Å². The number of carbonyl (C=O) groups excluding carboxylic acids is 1. The molecule has 0 saturated carbocycles. The number of benzene rings is 3. The van der Waals surface area contributed by atoms with E-state index in [1.807, 2.05) is 48.5 Å². The fraction of sp³-hybridized carbons (Fsp3) is 0.0556. The van der Waals surface area contributed by atoms with Crippen LogP contribution in [0.2, 0.25) is 0 Å². The van der Waals surface area contributed by atoms with Crippen LogP contribution in [0.4, 0.5) is 11.4 Å². The Kier molecular flexibility index (Phi) is 2.64. The van der Waals surface area contributed by atoms with Crippen molar-refractivity contribution in [2.24, 2.45) is 0 Å². The van der Waals surface area contributed by atoms with Crippen molar-refractivity contribution in [1.29, 1.82) is 0 Å². The number of para-hydroxylation sites is 1. The molecular weight excluding hydrogens is 260 g/mol. The molecule has 1 amide bonds. The molecule has 0 spiro atoms. The molecule has 1 aliphatic rings. The smallest absolute Gasteiger partial charge is 0.251 e. The minimum absolute atomic E-state index is 0.0101. The van der Waals surface area contributed by atoms with Gasteiger partial charge < -0.3 is 10.6 Å². The van der Waals surface area contributed by atoms with Gasteiger partial charge in [0, 0.05) is 22.3 Å². The van der Waals surface area contributed by atoms with Gasteiger partial charge in [-0.15, -0.1) is 0 Å². The highest BCUT2D eigenvalue weighted by Crippen LogP contribution is 2.34. The Morgan fingerprint density at radius 1 is 0.857 bits per heavy atom. The van der Waals surface area contributed by atoms with Crippen LogP contribution in [0.25, 0.3) is 10.8 Å². The second-order valence-corrected chi connectivity index (χ2v) is 5.18. The number of amides is 1. The average Bonchev–Trinajstić information content (AvgIpc) is 2.84. The third-order valence-corrected chi connectivity index (χ3v) is 3.88. The summed E-state index contributed by atoms with van der Waals surface area (Å²) in [5, 5.41) is 8.58. The predicted molar refractivity (Wildman–Crippen MR) is 85.4 cm³/mol. The van der Waals surface area contributed by atoms with Crippen LogP contribution in [0.15, 0.2) is 66.7 Å². The van der Waals surface area contributed by atoms with E-state index in [9.17, 15) is 4.79 Å². The topological polar surface area (TPSA) is 41.1 Å². The van der Waals surface area contributed by atoms with E-state index in [-0.39, 0.29) is 11.9 Å². The Balaban J connectivity index is 1.77. The standard InChI is InChI=1S/C18H14N2O/c21-18-17(14-9-3-4-10-16(14)20-18)19-15-11-5-7-12-6-1-2-8-13(12)15/h1-11,17,19H,(H,20,21). The van der Waals surface area contributed by atoms with E-state index in [1.54, 1.807) is 0 Å². The molecule has 3 aromatic carbocycles. The summed E-state index contributed by atoms with van der Waals surface area (Å²) in [6, 6.07) is 21.7. The van der Waals surface area contributed by atoms with E-state index in [2.05, 4.69) is 28.8 Å². The van der Waals surface area contributed by atoms with Gasteiger partial charge in [-0.1, -0.05) is 54.6 Å². The molecule has 0 aromatic heterocycles. The first-order valence-electron chi connectivity index (χ1n) is 6.97. The number of hydrogen-bond donors (Lipinski definition) is 2. The molecule has 21 heavy (non-hydrogen) atoms. The highest BCUT2D eigenvalue weighted by molar-refractivity contribution is 6.05. The fourth-order valence-corrected chi connectivity index (χ4v) is 2.86. The van der Waals surface area contributed by atoms with Crippen LogP contribution in [0.1, 0.15) is 11.6 Å². The molecule has 4 rings (SSSR count). The summed E-state index contributed by atoms with van der Waals surface area (Å²) in [6.45, 7) is 0. The van der Waals surface area contributed by atoms with Crippen molar-refractivity contribution in [2.45, 2.75) is 6.04 Å². The number of fused-ring (bicyclic) bond motifs is 2. The Bertz CT molecular complexity index is 836. The van der Waals surface area contributed by atoms with Crippen molar-refractivity contribution >= 4 is 28.1 Å². The zero-order valence-corrected chi connectivity index (χ0v) is 11.3. The van der Waals surface area contributed by atoms with Crippen molar-refractivity contribution < 1.29 is 4.79 Å². The first kappa shape index (κ1) is 12.0. The highest BCUT2D eigenvalue weighted by Gasteiger charge is 2.30. The van der Waals surface area contributed by atoms with E-state index < -0.39 is 0 Å². The Hall–Kier alpha value is -2.81. The third kappa shape index (κ3) is 1.94. The SMILES string of the molecule is O=C1Nc2ccccc2C1Nc1cccc2ccccc12. The van der Waals surface area contributed by atoms with E-state index in [1.165, 1.54) is 0 Å². The second-order valence-electron chi connectivity index (χ2n) is 5.18. The Morgan fingerprint density at radius 3 is 2.57 bits per heavy atom. The molecule has 1 unspecified atom stereocenters. The fourth-order valence-electron chi connectivity index (χ4n) is 2.86. The van der Waals surface area contributed by atoms with Gasteiger partial charge in [-0.2, -0.15) is 0 Å². The summed E-state index contributed by atoms with van der Waals surface area (Å²) in [7, 11) is 0. The molecule has 0 fully saturated rings. The lowest BCUT2D eigenvalue weighted by Gasteiger charge is -2.15. The van der Waals surface area contributed by atoms with Gasteiger partial charge in [0.25, 0.3) is 5.91 Å². The summed E-state index contributed by atoms with van der Waals surface area (Å²) < 4.78 is 0. The first-order valence-corrected chi connectivity index (χ1v) is 6.97. The third-order valence-electron chi connectivity index (χ3n) is 3.88. The van der Waals surface area contributed by atoms with E-state index in [0.29, 0.717) is 0 Å². The van der Waals surface area contributed by atoms with Crippen molar-refractivity contribution in [1.82, 2.24) is 0 Å². The largest absolute Gasteiger partial charge is 0.370 e. The average molecular weight is 274 g/mol. The van der Waals surface area contributed by atoms with Crippen molar-refractivity contribution in [3.05, 3.63) is 72.3 Å². The van der Waals surface area contributed by atoms with Gasteiger partial charge in [0.2, 0.25) is 0 Å². The number of hydrogen-bond acceptors (Lipinski definition) is 2. The monoisotopic (exact) mass is 274 g/mol. The predicted octanol–water partition coefficient (Wildman–Crippen LogP) is 3.95. The van der Waals surface area contributed by atoms with Crippen LogP contribution in [0.3, 0.4) is 0 Å². The second kappa shape index (κ2) is 4.63. The van der Waals surface area contributed by atoms with E-state index in [4.69, 9.17) is 0 Å². The van der Waals surface area contributed by atoms with Gasteiger partial charge in [-0.25, -0.2) is 0 Å². The molecule has 1 atom stereocenters. The zero-order chi connectivity index (χ0) is 14.2. The number of anilines is 2. The Labute approximate surface area is 122 Å². The first-order chi connectivity index (χ1) is 10.3. The summed E-state index contributed by atoms with van der Waals surface area (Å²) in [6.07, 6.45) is 0. The molecule has 3 heteroatoms. The molecule has 0 saturated heterocycles. The quantitative estimate of drug-likeness (QED) is 0.743. The number of carbonyl (C=O) groups is 1. The Morgan fingerprint density at radius 2 is 1.62 bits per heavy atom. The van der Waals surface area contributed by atoms with E-state index >= 15 is 0 Å². The minimum Gasteiger partial charge on any atom is -0.370 e. The number of nitrogens with one attached hydrogen (secondary N) is 2. The molecular formula is C18H14N2O. The molecule has 102 valence electrons. The van der Waals surface area contributed by atoms with E-state index in [0.717, 1.165) is 27.7 Å². The molecule has 1 aliphatic heterocycles. The van der Waals surface area contributed by atoms with Crippen LogP contribution in [0.5, 0.6) is 0 Å². The maximum atomic E-state index is 12.2. The summed E-state index contributed by atoms with van der Waals surface area (Å²) in [5.41, 5.74) is 2.86. The molecule has 2 N–H and O–H groups in total. The van der Waals surface area contributed by atoms with Gasteiger partial charge in [-0.05, 0) is 17.5 Å². The summed E-state index contributed by atoms with van der Waals surface area (Å²) in [5.74, 6) is -0.0101. The minimum atomic E-state index is -0.341. The summed E-state index contributed by atoms with van der Waals surface area (Å²) in [4.78, 5) is 12.2. The maximum absolute atomic E-state index is 12.2. The molecule has 3 nitrogen and oxygen atoms in total. The van der Waals surface area contributed by atoms with Crippen molar-refractivity contribution in [3.63, 3.8) is 0 Å². The molecule has 0 aliphatic carbocycles. The molecule has 0 bridgehead atoms.